The average molecular weight is 332 g/mol. The van der Waals surface area contributed by atoms with E-state index in [9.17, 15) is 4.79 Å². The van der Waals surface area contributed by atoms with Crippen LogP contribution in [0.15, 0.2) is 21.3 Å². The van der Waals surface area contributed by atoms with E-state index in [1.54, 1.807) is 11.3 Å². The lowest BCUT2D eigenvalue weighted by atomic mass is 10.1. The molecule has 2 saturated heterocycles. The van der Waals surface area contributed by atoms with Crippen LogP contribution in [-0.2, 0) is 11.2 Å². The second-order valence-corrected chi connectivity index (χ2v) is 7.07. The summed E-state index contributed by atoms with van der Waals surface area (Å²) in [6.45, 7) is 1.69. The van der Waals surface area contributed by atoms with Crippen molar-refractivity contribution in [3.05, 3.63) is 22.7 Å². The molecule has 0 radical (unpaired) electrons. The largest absolute Gasteiger partial charge is 0.341 e. The van der Waals surface area contributed by atoms with E-state index in [4.69, 9.17) is 4.52 Å². The van der Waals surface area contributed by atoms with Gasteiger partial charge in [0.05, 0.1) is 0 Å². The Balaban J connectivity index is 1.33. The zero-order valence-electron chi connectivity index (χ0n) is 12.9. The topological polar surface area (TPSA) is 71.3 Å². The van der Waals surface area contributed by atoms with Crippen molar-refractivity contribution in [2.45, 2.75) is 44.2 Å². The molecule has 2 atom stereocenters. The molecule has 1 N–H and O–H groups in total. The van der Waals surface area contributed by atoms with Gasteiger partial charge in [0, 0.05) is 49.0 Å². The smallest absolute Gasteiger partial charge is 0.227 e. The Morgan fingerprint density at radius 3 is 3.17 bits per heavy atom. The summed E-state index contributed by atoms with van der Waals surface area (Å²) in [5.41, 5.74) is 0.964. The van der Waals surface area contributed by atoms with Gasteiger partial charge in [0.1, 0.15) is 0 Å². The number of carbonyl (C=O) groups is 1. The van der Waals surface area contributed by atoms with Crippen molar-refractivity contribution in [2.75, 3.05) is 13.1 Å². The van der Waals surface area contributed by atoms with Crippen LogP contribution in [0.1, 0.15) is 31.6 Å². The van der Waals surface area contributed by atoms with Crippen molar-refractivity contribution in [2.24, 2.45) is 0 Å². The Bertz CT molecular complexity index is 669. The first-order valence-electron chi connectivity index (χ1n) is 8.17. The van der Waals surface area contributed by atoms with E-state index >= 15 is 0 Å². The number of hydrogen-bond acceptors (Lipinski definition) is 6. The standard InChI is InChI=1S/C16H20N4O2S/c21-15(20-7-5-12-1-2-13(9-20)17-12)4-3-14-18-16(19-22-14)11-6-8-23-10-11/h6,8,10,12-13,17H,1-5,7,9H2. The zero-order valence-corrected chi connectivity index (χ0v) is 13.7. The molecule has 0 saturated carbocycles. The van der Waals surface area contributed by atoms with E-state index in [1.807, 2.05) is 21.7 Å². The molecule has 2 bridgehead atoms. The molecule has 0 aliphatic carbocycles. The molecule has 2 aromatic heterocycles. The molecule has 2 aliphatic rings. The van der Waals surface area contributed by atoms with Crippen LogP contribution in [0.25, 0.3) is 11.4 Å². The van der Waals surface area contributed by atoms with Crippen LogP contribution < -0.4 is 5.32 Å². The van der Waals surface area contributed by atoms with Crippen molar-refractivity contribution >= 4 is 17.2 Å². The summed E-state index contributed by atoms with van der Waals surface area (Å²) in [5, 5.41) is 11.5. The molecule has 122 valence electrons. The summed E-state index contributed by atoms with van der Waals surface area (Å²) < 4.78 is 5.26. The first-order chi connectivity index (χ1) is 11.3. The van der Waals surface area contributed by atoms with Crippen molar-refractivity contribution in [1.29, 1.82) is 0 Å². The summed E-state index contributed by atoms with van der Waals surface area (Å²) in [4.78, 5) is 18.8. The summed E-state index contributed by atoms with van der Waals surface area (Å²) in [6.07, 6.45) is 4.43. The van der Waals surface area contributed by atoms with Gasteiger partial charge in [0.15, 0.2) is 0 Å². The number of nitrogens with one attached hydrogen (secondary N) is 1. The third-order valence-electron chi connectivity index (χ3n) is 4.68. The average Bonchev–Trinajstić information content (AvgIpc) is 3.25. The molecule has 7 heteroatoms. The number of amides is 1. The Morgan fingerprint density at radius 1 is 1.39 bits per heavy atom. The number of aromatic nitrogens is 2. The van der Waals surface area contributed by atoms with E-state index < -0.39 is 0 Å². The molecule has 4 rings (SSSR count). The minimum absolute atomic E-state index is 0.189. The van der Waals surface area contributed by atoms with Gasteiger partial charge >= 0.3 is 0 Å². The Kier molecular flexibility index (Phi) is 4.13. The van der Waals surface area contributed by atoms with Gasteiger partial charge in [-0.25, -0.2) is 0 Å². The second-order valence-electron chi connectivity index (χ2n) is 6.29. The maximum absolute atomic E-state index is 12.4. The van der Waals surface area contributed by atoms with E-state index in [-0.39, 0.29) is 5.91 Å². The minimum Gasteiger partial charge on any atom is -0.341 e. The molecular formula is C16H20N4O2S. The molecule has 6 nitrogen and oxygen atoms in total. The summed E-state index contributed by atoms with van der Waals surface area (Å²) >= 11 is 1.60. The quantitative estimate of drug-likeness (QED) is 0.928. The van der Waals surface area contributed by atoms with Gasteiger partial charge in [-0.05, 0) is 30.7 Å². The summed E-state index contributed by atoms with van der Waals surface area (Å²) in [5.74, 6) is 1.33. The van der Waals surface area contributed by atoms with Crippen LogP contribution in [-0.4, -0.2) is 46.1 Å². The van der Waals surface area contributed by atoms with Gasteiger partial charge < -0.3 is 14.7 Å². The molecule has 1 amide bonds. The maximum atomic E-state index is 12.4. The highest BCUT2D eigenvalue weighted by molar-refractivity contribution is 7.08. The van der Waals surface area contributed by atoms with Gasteiger partial charge in [-0.3, -0.25) is 4.79 Å². The Labute approximate surface area is 138 Å². The number of hydrogen-bond donors (Lipinski definition) is 1. The fourth-order valence-corrected chi connectivity index (χ4v) is 4.04. The third kappa shape index (κ3) is 3.30. The molecule has 2 unspecified atom stereocenters. The van der Waals surface area contributed by atoms with Gasteiger partial charge in [0.2, 0.25) is 17.6 Å². The number of nitrogens with zero attached hydrogens (tertiary/aromatic N) is 3. The van der Waals surface area contributed by atoms with Crippen LogP contribution >= 0.6 is 11.3 Å². The van der Waals surface area contributed by atoms with Crippen molar-refractivity contribution < 1.29 is 9.32 Å². The monoisotopic (exact) mass is 332 g/mol. The van der Waals surface area contributed by atoms with Crippen LogP contribution in [0.4, 0.5) is 0 Å². The highest BCUT2D eigenvalue weighted by Gasteiger charge is 2.31. The third-order valence-corrected chi connectivity index (χ3v) is 5.36. The summed E-state index contributed by atoms with van der Waals surface area (Å²) in [7, 11) is 0. The molecule has 2 aliphatic heterocycles. The van der Waals surface area contributed by atoms with E-state index in [1.165, 1.54) is 12.8 Å². The predicted molar refractivity (Wildman–Crippen MR) is 87.1 cm³/mol. The van der Waals surface area contributed by atoms with Crippen LogP contribution in [0.3, 0.4) is 0 Å². The fraction of sp³-hybridized carbons (Fsp3) is 0.562. The van der Waals surface area contributed by atoms with Crippen molar-refractivity contribution in [1.82, 2.24) is 20.4 Å². The molecular weight excluding hydrogens is 312 g/mol. The molecule has 0 spiro atoms. The van der Waals surface area contributed by atoms with Crippen molar-refractivity contribution in [3.8, 4) is 11.4 Å². The van der Waals surface area contributed by atoms with Gasteiger partial charge in [-0.2, -0.15) is 16.3 Å². The highest BCUT2D eigenvalue weighted by Crippen LogP contribution is 2.22. The van der Waals surface area contributed by atoms with E-state index in [0.717, 1.165) is 25.1 Å². The van der Waals surface area contributed by atoms with Gasteiger partial charge in [-0.1, -0.05) is 5.16 Å². The number of likely N-dealkylation sites (tertiary alicyclic amines) is 1. The molecule has 4 heterocycles. The molecule has 23 heavy (non-hydrogen) atoms. The van der Waals surface area contributed by atoms with Crippen LogP contribution in [0, 0.1) is 0 Å². The number of aryl methyl sites for hydroxylation is 1. The second kappa shape index (κ2) is 6.41. The van der Waals surface area contributed by atoms with Gasteiger partial charge in [-0.15, -0.1) is 0 Å². The first-order valence-corrected chi connectivity index (χ1v) is 9.11. The first kappa shape index (κ1) is 14.8. The molecule has 0 aromatic carbocycles. The molecule has 2 aromatic rings. The number of thiophene rings is 1. The number of carbonyl (C=O) groups excluding carboxylic acids is 1. The molecule has 2 fully saturated rings. The number of fused-ring (bicyclic) bond motifs is 2. The zero-order chi connectivity index (χ0) is 15.6. The lowest BCUT2D eigenvalue weighted by molar-refractivity contribution is -0.131. The van der Waals surface area contributed by atoms with E-state index in [0.29, 0.717) is 36.6 Å². The Hall–Kier alpha value is -1.73. The summed E-state index contributed by atoms with van der Waals surface area (Å²) in [6, 6.07) is 3.03. The van der Waals surface area contributed by atoms with Gasteiger partial charge in [0.25, 0.3) is 0 Å². The lowest BCUT2D eigenvalue weighted by Gasteiger charge is -2.24. The highest BCUT2D eigenvalue weighted by atomic mass is 32.1. The van der Waals surface area contributed by atoms with Crippen LogP contribution in [0.5, 0.6) is 0 Å². The fourth-order valence-electron chi connectivity index (χ4n) is 3.41. The maximum Gasteiger partial charge on any atom is 0.227 e. The Morgan fingerprint density at radius 2 is 2.30 bits per heavy atom. The minimum atomic E-state index is 0.189. The van der Waals surface area contributed by atoms with E-state index in [2.05, 4.69) is 15.5 Å². The van der Waals surface area contributed by atoms with Crippen molar-refractivity contribution in [3.63, 3.8) is 0 Å². The lowest BCUT2D eigenvalue weighted by Crippen LogP contribution is -2.39. The van der Waals surface area contributed by atoms with Crippen LogP contribution in [0.2, 0.25) is 0 Å². The predicted octanol–water partition coefficient (Wildman–Crippen LogP) is 2.08. The SMILES string of the molecule is O=C(CCc1nc(-c2ccsc2)no1)N1CCC2CCC(C1)N2. The normalized spacial score (nSPS) is 23.9. The number of rotatable bonds is 4.